The highest BCUT2D eigenvalue weighted by Crippen LogP contribution is 2.46. The van der Waals surface area contributed by atoms with E-state index in [-0.39, 0.29) is 0 Å². The molecule has 4 aliphatic carbocycles. The van der Waals surface area contributed by atoms with Gasteiger partial charge in [0.25, 0.3) is 0 Å². The molecule has 0 bridgehead atoms. The molecule has 0 radical (unpaired) electrons. The molecular weight excluding hydrogens is 316 g/mol. The Morgan fingerprint density at radius 2 is 1.54 bits per heavy atom. The molecule has 1 heterocycles. The van der Waals surface area contributed by atoms with Gasteiger partial charge in [-0.2, -0.15) is 0 Å². The Labute approximate surface area is 159 Å². The predicted octanol–water partition coefficient (Wildman–Crippen LogP) is 5.43. The third kappa shape index (κ3) is 2.76. The highest BCUT2D eigenvalue weighted by molar-refractivity contribution is 5.76. The first-order chi connectivity index (χ1) is 12.7. The van der Waals surface area contributed by atoms with Crippen molar-refractivity contribution in [2.24, 2.45) is 0 Å². The second-order valence-corrected chi connectivity index (χ2v) is 9.39. The maximum atomic E-state index is 5.42. The maximum Gasteiger partial charge on any atom is 0.0488 e. The average Bonchev–Trinajstić information content (AvgIpc) is 3.17. The van der Waals surface area contributed by atoms with Crippen molar-refractivity contribution in [2.75, 3.05) is 14.1 Å². The standard InChI is InChI=1S/C24H34N2/c1-26(2)18-13-10-17(11-14-18)24-21-9-5-8-20(21)23-19-7-4-3-6-16(19)12-15-22(23)25-24/h17-18H,3-15H2,1-2H3. The topological polar surface area (TPSA) is 16.1 Å². The van der Waals surface area contributed by atoms with Crippen LogP contribution in [0.5, 0.6) is 0 Å². The monoisotopic (exact) mass is 350 g/mol. The van der Waals surface area contributed by atoms with Crippen LogP contribution in [-0.2, 0) is 19.3 Å². The van der Waals surface area contributed by atoms with Gasteiger partial charge in [-0.3, -0.25) is 4.98 Å². The minimum atomic E-state index is 0.727. The van der Waals surface area contributed by atoms with Crippen molar-refractivity contribution < 1.29 is 0 Å². The van der Waals surface area contributed by atoms with Crippen LogP contribution in [0.4, 0.5) is 0 Å². The van der Waals surface area contributed by atoms with Crippen LogP contribution in [-0.4, -0.2) is 30.0 Å². The van der Waals surface area contributed by atoms with Crippen molar-refractivity contribution in [1.29, 1.82) is 0 Å². The number of fused-ring (bicyclic) bond motifs is 4. The van der Waals surface area contributed by atoms with Crippen molar-refractivity contribution in [3.05, 3.63) is 33.7 Å². The largest absolute Gasteiger partial charge is 0.306 e. The van der Waals surface area contributed by atoms with Gasteiger partial charge >= 0.3 is 0 Å². The van der Waals surface area contributed by atoms with E-state index in [1.54, 1.807) is 27.8 Å². The van der Waals surface area contributed by atoms with Crippen molar-refractivity contribution in [3.8, 4) is 0 Å². The first-order valence-electron chi connectivity index (χ1n) is 11.1. The summed E-state index contributed by atoms with van der Waals surface area (Å²) in [6, 6.07) is 0.784. The first-order valence-corrected chi connectivity index (χ1v) is 11.1. The van der Waals surface area contributed by atoms with E-state index in [9.17, 15) is 0 Å². The fraction of sp³-hybridized carbons (Fsp3) is 0.708. The smallest absolute Gasteiger partial charge is 0.0488 e. The Bertz CT molecular complexity index is 735. The Morgan fingerprint density at radius 1 is 0.769 bits per heavy atom. The van der Waals surface area contributed by atoms with Crippen LogP contribution < -0.4 is 0 Å². The van der Waals surface area contributed by atoms with Gasteiger partial charge in [-0.1, -0.05) is 5.57 Å². The molecule has 0 atom stereocenters. The molecule has 0 saturated heterocycles. The number of aryl methyl sites for hydroxylation is 1. The van der Waals surface area contributed by atoms with Gasteiger partial charge in [-0.05, 0) is 114 Å². The summed E-state index contributed by atoms with van der Waals surface area (Å²) in [6.45, 7) is 0. The number of rotatable bonds is 2. The molecule has 0 N–H and O–H groups in total. The quantitative estimate of drug-likeness (QED) is 0.707. The number of aromatic nitrogens is 1. The minimum absolute atomic E-state index is 0.727. The summed E-state index contributed by atoms with van der Waals surface area (Å²) in [7, 11) is 4.49. The molecule has 0 aliphatic heterocycles. The Morgan fingerprint density at radius 3 is 2.35 bits per heavy atom. The molecule has 0 aromatic carbocycles. The first kappa shape index (κ1) is 17.0. The summed E-state index contributed by atoms with van der Waals surface area (Å²) >= 11 is 0. The fourth-order valence-electron chi connectivity index (χ4n) is 6.30. The number of hydrogen-bond donors (Lipinski definition) is 0. The molecule has 1 fully saturated rings. The summed E-state index contributed by atoms with van der Waals surface area (Å²) in [4.78, 5) is 7.85. The molecule has 0 unspecified atom stereocenters. The Balaban J connectivity index is 1.52. The van der Waals surface area contributed by atoms with E-state index in [4.69, 9.17) is 4.98 Å². The molecule has 1 aromatic rings. The van der Waals surface area contributed by atoms with E-state index >= 15 is 0 Å². The molecule has 1 aromatic heterocycles. The molecule has 2 nitrogen and oxygen atoms in total. The lowest BCUT2D eigenvalue weighted by molar-refractivity contribution is 0.215. The lowest BCUT2D eigenvalue weighted by Gasteiger charge is -2.34. The van der Waals surface area contributed by atoms with Gasteiger partial charge < -0.3 is 4.90 Å². The molecule has 26 heavy (non-hydrogen) atoms. The van der Waals surface area contributed by atoms with Gasteiger partial charge in [0.2, 0.25) is 0 Å². The van der Waals surface area contributed by atoms with Crippen LogP contribution in [0.25, 0.3) is 5.57 Å². The second-order valence-electron chi connectivity index (χ2n) is 9.39. The fourth-order valence-corrected chi connectivity index (χ4v) is 6.30. The summed E-state index contributed by atoms with van der Waals surface area (Å²) in [5, 5.41) is 0. The molecule has 140 valence electrons. The Kier molecular flexibility index (Phi) is 4.43. The highest BCUT2D eigenvalue weighted by atomic mass is 15.1. The lowest BCUT2D eigenvalue weighted by atomic mass is 9.76. The maximum absolute atomic E-state index is 5.42. The van der Waals surface area contributed by atoms with Crippen LogP contribution >= 0.6 is 0 Å². The van der Waals surface area contributed by atoms with Crippen molar-refractivity contribution >= 4 is 5.57 Å². The van der Waals surface area contributed by atoms with Gasteiger partial charge in [0, 0.05) is 28.9 Å². The highest BCUT2D eigenvalue weighted by Gasteiger charge is 2.33. The van der Waals surface area contributed by atoms with E-state index in [0.29, 0.717) is 0 Å². The van der Waals surface area contributed by atoms with E-state index in [0.717, 1.165) is 12.0 Å². The second kappa shape index (κ2) is 6.78. The SMILES string of the molecule is CN(C)C1CCC(c2nc3c(c4c2CCC4)C2=C(CCCC2)CC3)CC1. The zero-order valence-electron chi connectivity index (χ0n) is 16.7. The summed E-state index contributed by atoms with van der Waals surface area (Å²) in [6.07, 6.45) is 17.3. The van der Waals surface area contributed by atoms with Crippen molar-refractivity contribution in [2.45, 2.75) is 95.4 Å². The third-order valence-electron chi connectivity index (χ3n) is 7.73. The molecule has 5 rings (SSSR count). The number of nitrogens with zero attached hydrogens (tertiary/aromatic N) is 2. The lowest BCUT2D eigenvalue weighted by Crippen LogP contribution is -2.32. The molecule has 0 amide bonds. The van der Waals surface area contributed by atoms with Crippen LogP contribution in [0.3, 0.4) is 0 Å². The molecule has 0 spiro atoms. The van der Waals surface area contributed by atoms with Gasteiger partial charge in [0.15, 0.2) is 0 Å². The van der Waals surface area contributed by atoms with E-state index in [1.165, 1.54) is 94.9 Å². The van der Waals surface area contributed by atoms with Crippen LogP contribution in [0.1, 0.15) is 98.2 Å². The van der Waals surface area contributed by atoms with E-state index < -0.39 is 0 Å². The summed E-state index contributed by atoms with van der Waals surface area (Å²) in [5.41, 5.74) is 11.6. The predicted molar refractivity (Wildman–Crippen MR) is 109 cm³/mol. The van der Waals surface area contributed by atoms with Crippen molar-refractivity contribution in [1.82, 2.24) is 9.88 Å². The zero-order chi connectivity index (χ0) is 17.7. The zero-order valence-corrected chi connectivity index (χ0v) is 16.7. The number of allylic oxidation sites excluding steroid dienone is 2. The average molecular weight is 351 g/mol. The van der Waals surface area contributed by atoms with Crippen LogP contribution in [0.15, 0.2) is 5.57 Å². The normalized spacial score (nSPS) is 28.1. The van der Waals surface area contributed by atoms with E-state index in [2.05, 4.69) is 19.0 Å². The van der Waals surface area contributed by atoms with Crippen LogP contribution in [0, 0.1) is 0 Å². The molecule has 1 saturated carbocycles. The number of hydrogen-bond acceptors (Lipinski definition) is 2. The van der Waals surface area contributed by atoms with E-state index in [1.807, 2.05) is 0 Å². The third-order valence-corrected chi connectivity index (χ3v) is 7.73. The summed E-state index contributed by atoms with van der Waals surface area (Å²) in [5.74, 6) is 0.727. The summed E-state index contributed by atoms with van der Waals surface area (Å²) < 4.78 is 0. The van der Waals surface area contributed by atoms with Gasteiger partial charge in [-0.15, -0.1) is 0 Å². The number of pyridine rings is 1. The molecule has 2 heteroatoms. The van der Waals surface area contributed by atoms with Crippen molar-refractivity contribution in [3.63, 3.8) is 0 Å². The molecular formula is C24H34N2. The van der Waals surface area contributed by atoms with Crippen LogP contribution in [0.2, 0.25) is 0 Å². The Hall–Kier alpha value is -1.15. The molecule has 4 aliphatic rings. The minimum Gasteiger partial charge on any atom is -0.306 e. The van der Waals surface area contributed by atoms with Gasteiger partial charge in [-0.25, -0.2) is 0 Å². The van der Waals surface area contributed by atoms with Gasteiger partial charge in [0.1, 0.15) is 0 Å². The van der Waals surface area contributed by atoms with Gasteiger partial charge in [0.05, 0.1) is 0 Å².